The molecule has 7 heteroatoms. The SMILES string of the molecule is O=C(ON1C(=O)c2ccccc2C1=O)[C@@H]1CN(Cc2ccccc2)C[C@H]1c1ccccn1. The quantitative estimate of drug-likeness (QED) is 0.583. The second kappa shape index (κ2) is 8.36. The van der Waals surface area contributed by atoms with Gasteiger partial charge >= 0.3 is 5.97 Å². The maximum Gasteiger partial charge on any atom is 0.338 e. The number of pyridine rings is 1. The molecule has 7 nitrogen and oxygen atoms in total. The smallest absolute Gasteiger partial charge is 0.329 e. The molecule has 0 radical (unpaired) electrons. The Labute approximate surface area is 185 Å². The number of amides is 2. The molecule has 32 heavy (non-hydrogen) atoms. The number of nitrogens with zero attached hydrogens (tertiary/aromatic N) is 3. The number of carbonyl (C=O) groups is 3. The zero-order valence-corrected chi connectivity index (χ0v) is 17.3. The van der Waals surface area contributed by atoms with Crippen LogP contribution >= 0.6 is 0 Å². The minimum absolute atomic E-state index is 0.206. The first kappa shape index (κ1) is 20.1. The highest BCUT2D eigenvalue weighted by atomic mass is 16.7. The van der Waals surface area contributed by atoms with Gasteiger partial charge in [0.15, 0.2) is 0 Å². The maximum atomic E-state index is 13.2. The number of aromatic nitrogens is 1. The number of imide groups is 1. The number of hydrogen-bond donors (Lipinski definition) is 0. The molecule has 2 aromatic carbocycles. The fraction of sp³-hybridized carbons (Fsp3) is 0.200. The van der Waals surface area contributed by atoms with Crippen LogP contribution in [0.1, 0.15) is 37.9 Å². The Balaban J connectivity index is 1.37. The van der Waals surface area contributed by atoms with E-state index in [0.717, 1.165) is 11.3 Å². The number of likely N-dealkylation sites (tertiary alicyclic amines) is 1. The van der Waals surface area contributed by atoms with Gasteiger partial charge in [0, 0.05) is 37.4 Å². The molecule has 1 aromatic heterocycles. The molecule has 0 saturated carbocycles. The summed E-state index contributed by atoms with van der Waals surface area (Å²) in [5.74, 6) is -2.61. The first-order chi connectivity index (χ1) is 15.6. The van der Waals surface area contributed by atoms with Crippen LogP contribution in [-0.2, 0) is 16.2 Å². The van der Waals surface area contributed by atoms with Crippen molar-refractivity contribution < 1.29 is 19.2 Å². The second-order valence-electron chi connectivity index (χ2n) is 8.01. The van der Waals surface area contributed by atoms with Gasteiger partial charge in [-0.15, -0.1) is 0 Å². The van der Waals surface area contributed by atoms with Crippen molar-refractivity contribution in [3.05, 3.63) is 101 Å². The molecule has 1 fully saturated rings. The fourth-order valence-corrected chi connectivity index (χ4v) is 4.40. The average molecular weight is 427 g/mol. The molecule has 0 spiro atoms. The number of hydrogen-bond acceptors (Lipinski definition) is 6. The largest absolute Gasteiger partial charge is 0.338 e. The van der Waals surface area contributed by atoms with E-state index in [-0.39, 0.29) is 17.0 Å². The highest BCUT2D eigenvalue weighted by Gasteiger charge is 2.44. The fourth-order valence-electron chi connectivity index (χ4n) is 4.40. The van der Waals surface area contributed by atoms with E-state index in [0.29, 0.717) is 24.7 Å². The predicted molar refractivity (Wildman–Crippen MR) is 115 cm³/mol. The van der Waals surface area contributed by atoms with Crippen molar-refractivity contribution in [1.82, 2.24) is 14.9 Å². The third-order valence-corrected chi connectivity index (χ3v) is 5.95. The van der Waals surface area contributed by atoms with E-state index in [1.807, 2.05) is 48.5 Å². The Hall–Kier alpha value is -3.84. The van der Waals surface area contributed by atoms with E-state index in [9.17, 15) is 14.4 Å². The van der Waals surface area contributed by atoms with Gasteiger partial charge in [0.2, 0.25) is 0 Å². The van der Waals surface area contributed by atoms with Crippen LogP contribution in [0, 0.1) is 5.92 Å². The molecule has 1 saturated heterocycles. The van der Waals surface area contributed by atoms with Gasteiger partial charge in [0.1, 0.15) is 0 Å². The Kier molecular flexibility index (Phi) is 5.25. The van der Waals surface area contributed by atoms with Gasteiger partial charge in [0.25, 0.3) is 11.8 Å². The van der Waals surface area contributed by atoms with Crippen molar-refractivity contribution >= 4 is 17.8 Å². The van der Waals surface area contributed by atoms with Crippen molar-refractivity contribution in [3.63, 3.8) is 0 Å². The lowest BCUT2D eigenvalue weighted by molar-refractivity contribution is -0.173. The topological polar surface area (TPSA) is 79.8 Å². The van der Waals surface area contributed by atoms with Gasteiger partial charge in [-0.3, -0.25) is 19.5 Å². The number of benzene rings is 2. The minimum Gasteiger partial charge on any atom is -0.329 e. The Bertz CT molecular complexity index is 1130. The van der Waals surface area contributed by atoms with Crippen molar-refractivity contribution in [2.45, 2.75) is 12.5 Å². The summed E-state index contributed by atoms with van der Waals surface area (Å²) in [7, 11) is 0. The van der Waals surface area contributed by atoms with E-state index in [4.69, 9.17) is 4.84 Å². The monoisotopic (exact) mass is 427 g/mol. The van der Waals surface area contributed by atoms with Crippen LogP contribution in [0.2, 0.25) is 0 Å². The first-order valence-electron chi connectivity index (χ1n) is 10.5. The van der Waals surface area contributed by atoms with Crippen LogP contribution in [0.15, 0.2) is 79.0 Å². The average Bonchev–Trinajstić information content (AvgIpc) is 3.36. The number of carbonyl (C=O) groups excluding carboxylic acids is 3. The predicted octanol–water partition coefficient (Wildman–Crippen LogP) is 3.05. The molecule has 160 valence electrons. The van der Waals surface area contributed by atoms with Crippen LogP contribution in [-0.4, -0.2) is 45.8 Å². The molecule has 2 aliphatic rings. The summed E-state index contributed by atoms with van der Waals surface area (Å²) in [6.45, 7) is 1.74. The highest BCUT2D eigenvalue weighted by molar-refractivity contribution is 6.20. The van der Waals surface area contributed by atoms with Crippen molar-refractivity contribution in [2.24, 2.45) is 5.92 Å². The first-order valence-corrected chi connectivity index (χ1v) is 10.5. The number of rotatable bonds is 5. The zero-order chi connectivity index (χ0) is 22.1. The lowest BCUT2D eigenvalue weighted by Crippen LogP contribution is -2.37. The third-order valence-electron chi connectivity index (χ3n) is 5.95. The van der Waals surface area contributed by atoms with Gasteiger partial charge in [-0.25, -0.2) is 4.79 Å². The van der Waals surface area contributed by atoms with E-state index < -0.39 is 23.7 Å². The number of hydroxylamine groups is 2. The van der Waals surface area contributed by atoms with Crippen molar-refractivity contribution in [1.29, 1.82) is 0 Å². The maximum absolute atomic E-state index is 13.2. The van der Waals surface area contributed by atoms with Gasteiger partial charge < -0.3 is 4.84 Å². The standard InChI is InChI=1S/C25H21N3O4/c29-23-18-10-4-5-11-19(18)24(30)28(23)32-25(31)21-16-27(14-17-8-2-1-3-9-17)15-20(21)22-12-6-7-13-26-22/h1-13,20-21H,14-16H2/t20-,21-/m1/s1. The highest BCUT2D eigenvalue weighted by Crippen LogP contribution is 2.34. The van der Waals surface area contributed by atoms with Crippen LogP contribution in [0.4, 0.5) is 0 Å². The molecule has 2 amide bonds. The Morgan fingerprint density at radius 1 is 0.875 bits per heavy atom. The molecule has 0 unspecified atom stereocenters. The molecule has 0 bridgehead atoms. The summed E-state index contributed by atoms with van der Waals surface area (Å²) in [5, 5.41) is 0.586. The lowest BCUT2D eigenvalue weighted by Gasteiger charge is -2.19. The summed E-state index contributed by atoms with van der Waals surface area (Å²) >= 11 is 0. The number of fused-ring (bicyclic) bond motifs is 1. The van der Waals surface area contributed by atoms with E-state index in [2.05, 4.69) is 9.88 Å². The van der Waals surface area contributed by atoms with E-state index in [1.165, 1.54) is 0 Å². The van der Waals surface area contributed by atoms with E-state index in [1.54, 1.807) is 30.5 Å². The Morgan fingerprint density at radius 2 is 1.53 bits per heavy atom. The summed E-state index contributed by atoms with van der Waals surface area (Å²) < 4.78 is 0. The normalized spacial score (nSPS) is 20.4. The van der Waals surface area contributed by atoms with Gasteiger partial charge in [0.05, 0.1) is 17.0 Å². The molecule has 3 aromatic rings. The van der Waals surface area contributed by atoms with Gasteiger partial charge in [-0.1, -0.05) is 53.6 Å². The van der Waals surface area contributed by atoms with Crippen LogP contribution in [0.5, 0.6) is 0 Å². The summed E-state index contributed by atoms with van der Waals surface area (Å²) in [4.78, 5) is 50.5. The molecule has 5 rings (SSSR count). The molecule has 0 N–H and O–H groups in total. The summed E-state index contributed by atoms with van der Waals surface area (Å²) in [6, 6.07) is 22.1. The van der Waals surface area contributed by atoms with Crippen LogP contribution in [0.25, 0.3) is 0 Å². The zero-order valence-electron chi connectivity index (χ0n) is 17.3. The van der Waals surface area contributed by atoms with Crippen molar-refractivity contribution in [2.75, 3.05) is 13.1 Å². The molecular formula is C25H21N3O4. The lowest BCUT2D eigenvalue weighted by atomic mass is 9.92. The molecule has 0 aliphatic carbocycles. The molecular weight excluding hydrogens is 406 g/mol. The van der Waals surface area contributed by atoms with Gasteiger partial charge in [-0.2, -0.15) is 0 Å². The molecule has 3 heterocycles. The van der Waals surface area contributed by atoms with Crippen LogP contribution in [0.3, 0.4) is 0 Å². The van der Waals surface area contributed by atoms with Crippen molar-refractivity contribution in [3.8, 4) is 0 Å². The second-order valence-corrected chi connectivity index (χ2v) is 8.01. The Morgan fingerprint density at radius 3 is 2.19 bits per heavy atom. The van der Waals surface area contributed by atoms with E-state index >= 15 is 0 Å². The minimum atomic E-state index is -0.618. The molecule has 2 aliphatic heterocycles. The third kappa shape index (κ3) is 3.67. The molecule has 2 atom stereocenters. The van der Waals surface area contributed by atoms with Crippen LogP contribution < -0.4 is 0 Å². The summed E-state index contributed by atoms with van der Waals surface area (Å²) in [5.41, 5.74) is 2.40. The van der Waals surface area contributed by atoms with Gasteiger partial charge in [-0.05, 0) is 29.8 Å². The summed E-state index contributed by atoms with van der Waals surface area (Å²) in [6.07, 6.45) is 1.70.